The number of hydrogen-bond acceptors (Lipinski definition) is 3. The molecule has 3 aliphatic rings. The van der Waals surface area contributed by atoms with Gasteiger partial charge in [-0.25, -0.2) is 9.69 Å². The summed E-state index contributed by atoms with van der Waals surface area (Å²) in [6.07, 6.45) is 5.84. The summed E-state index contributed by atoms with van der Waals surface area (Å²) in [4.78, 5) is 24.5. The van der Waals surface area contributed by atoms with E-state index in [-0.39, 0.29) is 11.8 Å². The second-order valence-electron chi connectivity index (χ2n) is 4.49. The summed E-state index contributed by atoms with van der Waals surface area (Å²) < 4.78 is 4.77. The van der Waals surface area contributed by atoms with Gasteiger partial charge in [0, 0.05) is 5.92 Å². The van der Waals surface area contributed by atoms with Gasteiger partial charge in [0.2, 0.25) is 5.91 Å². The second kappa shape index (κ2) is 3.08. The van der Waals surface area contributed by atoms with Gasteiger partial charge in [-0.05, 0) is 24.7 Å². The largest absolute Gasteiger partial charge is 0.447 e. The summed E-state index contributed by atoms with van der Waals surface area (Å²) in [7, 11) is 0. The Labute approximate surface area is 87.9 Å². The van der Waals surface area contributed by atoms with E-state index in [0.717, 1.165) is 12.8 Å². The number of allylic oxidation sites excluding steroid dienone is 2. The zero-order valence-corrected chi connectivity index (χ0v) is 8.39. The quantitative estimate of drug-likeness (QED) is 0.606. The predicted octanol–water partition coefficient (Wildman–Crippen LogP) is 1.18. The lowest BCUT2D eigenvalue weighted by atomic mass is 9.92. The zero-order chi connectivity index (χ0) is 10.4. The highest BCUT2D eigenvalue weighted by atomic mass is 16.6. The molecule has 2 amide bonds. The first-order valence-corrected chi connectivity index (χ1v) is 5.42. The van der Waals surface area contributed by atoms with Crippen molar-refractivity contribution in [2.24, 2.45) is 17.8 Å². The molecule has 2 unspecified atom stereocenters. The molecule has 1 saturated heterocycles. The summed E-state index contributed by atoms with van der Waals surface area (Å²) in [6.45, 7) is 0.774. The molecule has 4 nitrogen and oxygen atoms in total. The average Bonchev–Trinajstić information content (AvgIpc) is 2.91. The van der Waals surface area contributed by atoms with Crippen molar-refractivity contribution < 1.29 is 14.3 Å². The first-order valence-electron chi connectivity index (χ1n) is 5.42. The Bertz CT molecular complexity index is 350. The molecule has 3 atom stereocenters. The van der Waals surface area contributed by atoms with Gasteiger partial charge < -0.3 is 4.74 Å². The smallest absolute Gasteiger partial charge is 0.416 e. The second-order valence-corrected chi connectivity index (χ2v) is 4.49. The van der Waals surface area contributed by atoms with Crippen LogP contribution in [0.15, 0.2) is 12.2 Å². The number of amides is 2. The van der Waals surface area contributed by atoms with Gasteiger partial charge >= 0.3 is 6.09 Å². The van der Waals surface area contributed by atoms with Gasteiger partial charge in [0.05, 0.1) is 6.54 Å². The highest BCUT2D eigenvalue weighted by Gasteiger charge is 2.43. The number of carbonyl (C=O) groups excluding carboxylic acids is 2. The number of ether oxygens (including phenoxy) is 1. The van der Waals surface area contributed by atoms with E-state index >= 15 is 0 Å². The minimum atomic E-state index is -0.466. The van der Waals surface area contributed by atoms with E-state index in [2.05, 4.69) is 12.2 Å². The molecule has 1 aliphatic heterocycles. The van der Waals surface area contributed by atoms with Gasteiger partial charge in [0.25, 0.3) is 0 Å². The fourth-order valence-electron chi connectivity index (χ4n) is 2.86. The summed E-state index contributed by atoms with van der Waals surface area (Å²) in [5.41, 5.74) is 0. The van der Waals surface area contributed by atoms with Gasteiger partial charge in [-0.2, -0.15) is 0 Å². The molecule has 0 radical (unpaired) electrons. The van der Waals surface area contributed by atoms with Crippen LogP contribution in [0.4, 0.5) is 4.79 Å². The van der Waals surface area contributed by atoms with Crippen LogP contribution in [0.1, 0.15) is 12.8 Å². The lowest BCUT2D eigenvalue weighted by Crippen LogP contribution is -2.38. The van der Waals surface area contributed by atoms with Crippen LogP contribution in [-0.2, 0) is 9.53 Å². The van der Waals surface area contributed by atoms with Crippen LogP contribution in [0.5, 0.6) is 0 Å². The van der Waals surface area contributed by atoms with Crippen molar-refractivity contribution in [3.8, 4) is 0 Å². The summed E-state index contributed by atoms with van der Waals surface area (Å²) in [5.74, 6) is 0.901. The molecule has 15 heavy (non-hydrogen) atoms. The summed E-state index contributed by atoms with van der Waals surface area (Å²) >= 11 is 0. The van der Waals surface area contributed by atoms with Gasteiger partial charge in [-0.1, -0.05) is 12.2 Å². The lowest BCUT2D eigenvalue weighted by Gasteiger charge is -2.20. The van der Waals surface area contributed by atoms with E-state index < -0.39 is 6.09 Å². The SMILES string of the molecule is O=C1OCCN1C(=O)C1CC2C=C[C@H]1C2. The van der Waals surface area contributed by atoms with Gasteiger partial charge in [0.1, 0.15) is 6.61 Å². The number of rotatable bonds is 1. The van der Waals surface area contributed by atoms with Crippen LogP contribution in [-0.4, -0.2) is 30.1 Å². The van der Waals surface area contributed by atoms with E-state index in [0.29, 0.717) is 25.0 Å². The predicted molar refractivity (Wildman–Crippen MR) is 51.9 cm³/mol. The zero-order valence-electron chi connectivity index (χ0n) is 8.39. The van der Waals surface area contributed by atoms with Gasteiger partial charge in [-0.15, -0.1) is 0 Å². The van der Waals surface area contributed by atoms with Crippen molar-refractivity contribution in [1.29, 1.82) is 0 Å². The standard InChI is InChI=1S/C11H13NO3/c13-10(12-3-4-15-11(12)14)9-6-7-1-2-8(9)5-7/h1-2,7-9H,3-6H2/t7?,8-,9?/m0/s1. The third kappa shape index (κ3) is 1.28. The molecule has 0 aromatic rings. The van der Waals surface area contributed by atoms with Crippen LogP contribution in [0.25, 0.3) is 0 Å². The van der Waals surface area contributed by atoms with Crippen molar-refractivity contribution in [3.63, 3.8) is 0 Å². The van der Waals surface area contributed by atoms with Crippen LogP contribution < -0.4 is 0 Å². The number of fused-ring (bicyclic) bond motifs is 2. The Balaban J connectivity index is 1.75. The third-order valence-corrected chi connectivity index (χ3v) is 3.62. The number of carbonyl (C=O) groups is 2. The first-order chi connectivity index (χ1) is 7.25. The number of nitrogens with zero attached hydrogens (tertiary/aromatic N) is 1. The molecule has 3 rings (SSSR count). The molecule has 0 N–H and O–H groups in total. The van der Waals surface area contributed by atoms with E-state index in [1.54, 1.807) is 0 Å². The highest BCUT2D eigenvalue weighted by molar-refractivity contribution is 5.94. The van der Waals surface area contributed by atoms with E-state index in [4.69, 9.17) is 4.74 Å². The molecule has 0 aromatic heterocycles. The molecular weight excluding hydrogens is 194 g/mol. The molecular formula is C11H13NO3. The summed E-state index contributed by atoms with van der Waals surface area (Å²) in [6, 6.07) is 0. The van der Waals surface area contributed by atoms with Crippen LogP contribution in [0.3, 0.4) is 0 Å². The maximum atomic E-state index is 12.0. The van der Waals surface area contributed by atoms with E-state index in [9.17, 15) is 9.59 Å². The average molecular weight is 207 g/mol. The Kier molecular flexibility index (Phi) is 1.84. The van der Waals surface area contributed by atoms with Gasteiger partial charge in [-0.3, -0.25) is 4.79 Å². The molecule has 4 heteroatoms. The first kappa shape index (κ1) is 8.95. The molecule has 1 saturated carbocycles. The minimum Gasteiger partial charge on any atom is -0.447 e. The Morgan fingerprint density at radius 1 is 1.40 bits per heavy atom. The maximum Gasteiger partial charge on any atom is 0.416 e. The van der Waals surface area contributed by atoms with Crippen LogP contribution in [0.2, 0.25) is 0 Å². The number of hydrogen-bond donors (Lipinski definition) is 0. The van der Waals surface area contributed by atoms with Gasteiger partial charge in [0.15, 0.2) is 0 Å². The lowest BCUT2D eigenvalue weighted by molar-refractivity contribution is -0.132. The van der Waals surface area contributed by atoms with Crippen molar-refractivity contribution in [3.05, 3.63) is 12.2 Å². The van der Waals surface area contributed by atoms with Crippen molar-refractivity contribution in [2.45, 2.75) is 12.8 Å². The third-order valence-electron chi connectivity index (χ3n) is 3.62. The van der Waals surface area contributed by atoms with Crippen molar-refractivity contribution in [2.75, 3.05) is 13.2 Å². The van der Waals surface area contributed by atoms with Crippen LogP contribution in [0, 0.1) is 17.8 Å². The van der Waals surface area contributed by atoms with Crippen LogP contribution >= 0.6 is 0 Å². The van der Waals surface area contributed by atoms with E-state index in [1.807, 2.05) is 0 Å². The van der Waals surface area contributed by atoms with E-state index in [1.165, 1.54) is 4.90 Å². The molecule has 2 bridgehead atoms. The Morgan fingerprint density at radius 3 is 2.80 bits per heavy atom. The minimum absolute atomic E-state index is 0.0191. The molecule has 0 aromatic carbocycles. The number of imide groups is 1. The topological polar surface area (TPSA) is 46.6 Å². The molecule has 0 spiro atoms. The fourth-order valence-corrected chi connectivity index (χ4v) is 2.86. The molecule has 80 valence electrons. The monoisotopic (exact) mass is 207 g/mol. The fraction of sp³-hybridized carbons (Fsp3) is 0.636. The maximum absolute atomic E-state index is 12.0. The van der Waals surface area contributed by atoms with Crippen molar-refractivity contribution in [1.82, 2.24) is 4.90 Å². The van der Waals surface area contributed by atoms with Crippen molar-refractivity contribution >= 4 is 12.0 Å². The normalized spacial score (nSPS) is 37.5. The summed E-state index contributed by atoms with van der Waals surface area (Å²) in [5, 5.41) is 0. The number of cyclic esters (lactones) is 1. The molecule has 1 heterocycles. The highest BCUT2D eigenvalue weighted by Crippen LogP contribution is 2.44. The molecule has 2 fully saturated rings. The Morgan fingerprint density at radius 2 is 2.27 bits per heavy atom. The molecule has 2 aliphatic carbocycles. The Hall–Kier alpha value is -1.32.